The summed E-state index contributed by atoms with van der Waals surface area (Å²) in [5, 5.41) is 19.2. The zero-order valence-electron chi connectivity index (χ0n) is 15.0. The third-order valence-electron chi connectivity index (χ3n) is 3.94. The Kier molecular flexibility index (Phi) is 6.14. The molecule has 0 aliphatic rings. The molecule has 0 saturated carbocycles. The molecule has 2 aromatic rings. The molecule has 0 aliphatic heterocycles. The lowest BCUT2D eigenvalue weighted by Crippen LogP contribution is -2.32. The summed E-state index contributed by atoms with van der Waals surface area (Å²) in [7, 11) is 0. The summed E-state index contributed by atoms with van der Waals surface area (Å²) in [5.74, 6) is -0.333. The summed E-state index contributed by atoms with van der Waals surface area (Å²) in [4.78, 5) is 11.8. The number of aliphatic hydroxyl groups is 1. The van der Waals surface area contributed by atoms with E-state index < -0.39 is 18.0 Å². The minimum atomic E-state index is -0.473. The molecule has 1 aromatic carbocycles. The summed E-state index contributed by atoms with van der Waals surface area (Å²) in [6.45, 7) is 7.87. The van der Waals surface area contributed by atoms with E-state index in [0.29, 0.717) is 24.3 Å². The van der Waals surface area contributed by atoms with Gasteiger partial charge in [-0.25, -0.2) is 13.9 Å². The highest BCUT2D eigenvalue weighted by molar-refractivity contribution is 5.89. The van der Waals surface area contributed by atoms with Crippen molar-refractivity contribution in [2.75, 3.05) is 11.9 Å². The van der Waals surface area contributed by atoms with Crippen molar-refractivity contribution >= 4 is 11.7 Å². The molecule has 1 atom stereocenters. The number of hydrogen-bond donors (Lipinski definition) is 3. The van der Waals surface area contributed by atoms with Gasteiger partial charge in [0, 0.05) is 17.9 Å². The minimum Gasteiger partial charge on any atom is -0.393 e. The second-order valence-electron chi connectivity index (χ2n) is 6.49. The van der Waals surface area contributed by atoms with Gasteiger partial charge in [-0.3, -0.25) is 0 Å². The molecule has 0 radical (unpaired) electrons. The molecule has 2 amide bonds. The Bertz CT molecular complexity index is 743. The number of nitrogens with one attached hydrogen (secondary N) is 2. The molecule has 1 heterocycles. The fourth-order valence-electron chi connectivity index (χ4n) is 2.47. The van der Waals surface area contributed by atoms with Gasteiger partial charge in [0.15, 0.2) is 5.82 Å². The number of benzene rings is 1. The second kappa shape index (κ2) is 8.11. The van der Waals surface area contributed by atoms with Crippen molar-refractivity contribution in [1.82, 2.24) is 15.1 Å². The average molecular weight is 348 g/mol. The molecular formula is C18H25FN4O2. The van der Waals surface area contributed by atoms with Crippen molar-refractivity contribution in [2.24, 2.45) is 5.92 Å². The smallest absolute Gasteiger partial charge is 0.319 e. The van der Waals surface area contributed by atoms with Crippen LogP contribution in [-0.2, 0) is 0 Å². The van der Waals surface area contributed by atoms with Crippen LogP contribution < -0.4 is 10.6 Å². The Morgan fingerprint density at radius 3 is 2.60 bits per heavy atom. The maximum atomic E-state index is 14.4. The molecule has 1 aromatic heterocycles. The summed E-state index contributed by atoms with van der Waals surface area (Å²) < 4.78 is 15.9. The van der Waals surface area contributed by atoms with Crippen LogP contribution in [0.25, 0.3) is 5.69 Å². The number of hydrogen-bond acceptors (Lipinski definition) is 3. The number of anilines is 1. The summed E-state index contributed by atoms with van der Waals surface area (Å²) in [6.07, 6.45) is 0.00819. The number of rotatable bonds is 6. The monoisotopic (exact) mass is 348 g/mol. The van der Waals surface area contributed by atoms with E-state index >= 15 is 0 Å². The van der Waals surface area contributed by atoms with E-state index in [2.05, 4.69) is 15.7 Å². The van der Waals surface area contributed by atoms with Gasteiger partial charge in [-0.15, -0.1) is 0 Å². The van der Waals surface area contributed by atoms with Gasteiger partial charge in [-0.1, -0.05) is 13.8 Å². The standard InChI is InChI=1S/C18H25FN4O2/c1-11(2)17(24)7-8-20-18(25)21-14-5-6-16(15(19)10-14)23-13(4)9-12(3)22-23/h5-6,9-11,17,24H,7-8H2,1-4H3,(H2,20,21,25). The van der Waals surface area contributed by atoms with E-state index in [1.165, 1.54) is 10.7 Å². The van der Waals surface area contributed by atoms with Crippen LogP contribution in [0.1, 0.15) is 31.7 Å². The van der Waals surface area contributed by atoms with Crippen molar-refractivity contribution < 1.29 is 14.3 Å². The molecule has 0 aliphatic carbocycles. The molecule has 25 heavy (non-hydrogen) atoms. The van der Waals surface area contributed by atoms with Crippen molar-refractivity contribution in [3.63, 3.8) is 0 Å². The van der Waals surface area contributed by atoms with Crippen LogP contribution in [0.3, 0.4) is 0 Å². The highest BCUT2D eigenvalue weighted by atomic mass is 19.1. The predicted molar refractivity (Wildman–Crippen MR) is 95.5 cm³/mol. The normalized spacial score (nSPS) is 12.3. The van der Waals surface area contributed by atoms with Gasteiger partial charge in [0.25, 0.3) is 0 Å². The van der Waals surface area contributed by atoms with Crippen LogP contribution in [0, 0.1) is 25.6 Å². The molecule has 3 N–H and O–H groups in total. The number of aryl methyl sites for hydroxylation is 2. The van der Waals surface area contributed by atoms with E-state index in [1.807, 2.05) is 33.8 Å². The Labute approximate surface area is 147 Å². The number of carbonyl (C=O) groups excluding carboxylic acids is 1. The minimum absolute atomic E-state index is 0.140. The van der Waals surface area contributed by atoms with E-state index in [1.54, 1.807) is 12.1 Å². The highest BCUT2D eigenvalue weighted by Gasteiger charge is 2.12. The van der Waals surface area contributed by atoms with Crippen molar-refractivity contribution in [1.29, 1.82) is 0 Å². The maximum Gasteiger partial charge on any atom is 0.319 e. The maximum absolute atomic E-state index is 14.4. The lowest BCUT2D eigenvalue weighted by Gasteiger charge is -2.15. The molecule has 136 valence electrons. The van der Waals surface area contributed by atoms with Gasteiger partial charge >= 0.3 is 6.03 Å². The first-order valence-electron chi connectivity index (χ1n) is 8.34. The second-order valence-corrected chi connectivity index (χ2v) is 6.49. The Balaban J connectivity index is 1.96. The summed E-state index contributed by atoms with van der Waals surface area (Å²) >= 11 is 0. The number of amides is 2. The van der Waals surface area contributed by atoms with E-state index in [4.69, 9.17) is 0 Å². The quantitative estimate of drug-likeness (QED) is 0.750. The Hall–Kier alpha value is -2.41. The number of carbonyl (C=O) groups is 1. The van der Waals surface area contributed by atoms with Crippen LogP contribution >= 0.6 is 0 Å². The van der Waals surface area contributed by atoms with Crippen LogP contribution in [0.5, 0.6) is 0 Å². The first kappa shape index (κ1) is 18.9. The van der Waals surface area contributed by atoms with Gasteiger partial charge < -0.3 is 15.7 Å². The van der Waals surface area contributed by atoms with E-state index in [9.17, 15) is 14.3 Å². The average Bonchev–Trinajstić information content (AvgIpc) is 2.85. The van der Waals surface area contributed by atoms with Gasteiger partial charge in [0.05, 0.1) is 11.8 Å². The zero-order valence-corrected chi connectivity index (χ0v) is 15.0. The van der Waals surface area contributed by atoms with Crippen molar-refractivity contribution in [3.05, 3.63) is 41.5 Å². The molecule has 0 spiro atoms. The highest BCUT2D eigenvalue weighted by Crippen LogP contribution is 2.19. The first-order chi connectivity index (χ1) is 11.8. The number of aliphatic hydroxyl groups excluding tert-OH is 1. The van der Waals surface area contributed by atoms with Gasteiger partial charge in [0.2, 0.25) is 0 Å². The van der Waals surface area contributed by atoms with Crippen LogP contribution in [0.15, 0.2) is 24.3 Å². The first-order valence-corrected chi connectivity index (χ1v) is 8.34. The number of aromatic nitrogens is 2. The topological polar surface area (TPSA) is 79.2 Å². The lowest BCUT2D eigenvalue weighted by molar-refractivity contribution is 0.117. The third kappa shape index (κ3) is 5.03. The Morgan fingerprint density at radius 1 is 1.32 bits per heavy atom. The van der Waals surface area contributed by atoms with Gasteiger partial charge in [-0.2, -0.15) is 5.10 Å². The fourth-order valence-corrected chi connectivity index (χ4v) is 2.47. The Morgan fingerprint density at radius 2 is 2.04 bits per heavy atom. The van der Waals surface area contributed by atoms with Gasteiger partial charge in [-0.05, 0) is 50.5 Å². The molecule has 6 nitrogen and oxygen atoms in total. The van der Waals surface area contributed by atoms with Gasteiger partial charge in [0.1, 0.15) is 5.69 Å². The van der Waals surface area contributed by atoms with E-state index in [-0.39, 0.29) is 5.92 Å². The molecule has 0 fully saturated rings. The number of halogens is 1. The SMILES string of the molecule is Cc1cc(C)n(-c2ccc(NC(=O)NCCC(O)C(C)C)cc2F)n1. The predicted octanol–water partition coefficient (Wildman–Crippen LogP) is 3.16. The summed E-state index contributed by atoms with van der Waals surface area (Å²) in [6, 6.07) is 5.89. The van der Waals surface area contributed by atoms with Crippen LogP contribution in [-0.4, -0.2) is 33.6 Å². The molecule has 0 saturated heterocycles. The largest absolute Gasteiger partial charge is 0.393 e. The fraction of sp³-hybridized carbons (Fsp3) is 0.444. The molecular weight excluding hydrogens is 323 g/mol. The number of urea groups is 1. The summed E-state index contributed by atoms with van der Waals surface area (Å²) in [5.41, 5.74) is 2.32. The van der Waals surface area contributed by atoms with E-state index in [0.717, 1.165) is 11.4 Å². The van der Waals surface area contributed by atoms with Crippen LogP contribution in [0.4, 0.5) is 14.9 Å². The zero-order chi connectivity index (χ0) is 18.6. The number of nitrogens with zero attached hydrogens (tertiary/aromatic N) is 2. The molecule has 7 heteroatoms. The molecule has 0 bridgehead atoms. The third-order valence-corrected chi connectivity index (χ3v) is 3.94. The molecule has 1 unspecified atom stereocenters. The van der Waals surface area contributed by atoms with Crippen molar-refractivity contribution in [3.8, 4) is 5.69 Å². The van der Waals surface area contributed by atoms with Crippen molar-refractivity contribution in [2.45, 2.75) is 40.2 Å². The van der Waals surface area contributed by atoms with Crippen LogP contribution in [0.2, 0.25) is 0 Å². The lowest BCUT2D eigenvalue weighted by atomic mass is 10.0. The molecule has 2 rings (SSSR count).